The number of aromatic nitrogens is 1. The summed E-state index contributed by atoms with van der Waals surface area (Å²) in [6, 6.07) is 0.125. The normalized spacial score (nSPS) is 14.2. The van der Waals surface area contributed by atoms with Crippen LogP contribution in [0.4, 0.5) is 0 Å². The lowest BCUT2D eigenvalue weighted by molar-refractivity contribution is 0.596. The average molecular weight is 235 g/mol. The zero-order valence-corrected chi connectivity index (χ0v) is 9.65. The average Bonchev–Trinajstić information content (AvgIpc) is 2.48. The third kappa shape index (κ3) is 3.33. The van der Waals surface area contributed by atoms with Crippen molar-refractivity contribution < 1.29 is 8.42 Å². The monoisotopic (exact) mass is 235 g/mol. The minimum absolute atomic E-state index is 0.125. The van der Waals surface area contributed by atoms with Crippen LogP contribution in [-0.4, -0.2) is 20.4 Å². The Morgan fingerprint density at radius 3 is 2.86 bits per heavy atom. The summed E-state index contributed by atoms with van der Waals surface area (Å²) in [5.74, 6) is -0.186. The molecule has 0 aliphatic heterocycles. The van der Waals surface area contributed by atoms with Gasteiger partial charge in [0, 0.05) is 11.4 Å². The number of rotatable bonds is 4. The van der Waals surface area contributed by atoms with Crippen molar-refractivity contribution in [3.63, 3.8) is 0 Å². The molecule has 0 aliphatic rings. The van der Waals surface area contributed by atoms with Crippen molar-refractivity contribution in [3.8, 4) is 0 Å². The molecule has 0 fully saturated rings. The van der Waals surface area contributed by atoms with Gasteiger partial charge in [0.05, 0.1) is 5.69 Å². The second kappa shape index (κ2) is 4.35. The van der Waals surface area contributed by atoms with Crippen LogP contribution in [0.15, 0.2) is 5.38 Å². The highest BCUT2D eigenvalue weighted by molar-refractivity contribution is 7.88. The summed E-state index contributed by atoms with van der Waals surface area (Å²) in [7, 11) is -1.65. The standard InChI is InChI=1S/C7H13N3O2S2/c1-5(9-2)6-3-13-7(10-6)4-14(8,11)12/h3,5,9H,4H2,1-2H3,(H2,8,11,12). The first kappa shape index (κ1) is 11.6. The molecule has 0 spiro atoms. The molecule has 1 atom stereocenters. The maximum atomic E-state index is 10.8. The number of nitrogens with two attached hydrogens (primary N) is 1. The second-order valence-electron chi connectivity index (χ2n) is 2.98. The van der Waals surface area contributed by atoms with Crippen molar-refractivity contribution in [3.05, 3.63) is 16.1 Å². The minimum Gasteiger partial charge on any atom is -0.312 e. The number of nitrogens with one attached hydrogen (secondary N) is 1. The topological polar surface area (TPSA) is 85.1 Å². The van der Waals surface area contributed by atoms with E-state index in [2.05, 4.69) is 10.3 Å². The molecular formula is C7H13N3O2S2. The van der Waals surface area contributed by atoms with Gasteiger partial charge in [-0.15, -0.1) is 11.3 Å². The smallest absolute Gasteiger partial charge is 0.215 e. The molecule has 1 unspecified atom stereocenters. The molecule has 0 saturated heterocycles. The van der Waals surface area contributed by atoms with Crippen LogP contribution in [0.2, 0.25) is 0 Å². The SMILES string of the molecule is CNC(C)c1csc(CS(N)(=O)=O)n1. The number of sulfonamides is 1. The summed E-state index contributed by atoms with van der Waals surface area (Å²) in [4.78, 5) is 4.16. The maximum absolute atomic E-state index is 10.8. The number of thiazole rings is 1. The zero-order valence-electron chi connectivity index (χ0n) is 8.02. The molecule has 5 nitrogen and oxygen atoms in total. The van der Waals surface area contributed by atoms with Gasteiger partial charge in [0.15, 0.2) is 0 Å². The van der Waals surface area contributed by atoms with E-state index in [9.17, 15) is 8.42 Å². The van der Waals surface area contributed by atoms with E-state index in [-0.39, 0.29) is 11.8 Å². The number of primary sulfonamides is 1. The molecule has 1 rings (SSSR count). The Morgan fingerprint density at radius 2 is 2.36 bits per heavy atom. The van der Waals surface area contributed by atoms with E-state index in [1.54, 1.807) is 0 Å². The molecule has 0 radical (unpaired) electrons. The van der Waals surface area contributed by atoms with Crippen LogP contribution in [0, 0.1) is 0 Å². The van der Waals surface area contributed by atoms with Crippen molar-refractivity contribution in [1.82, 2.24) is 10.3 Å². The Morgan fingerprint density at radius 1 is 1.71 bits per heavy atom. The summed E-state index contributed by atoms with van der Waals surface area (Å²) < 4.78 is 21.6. The highest BCUT2D eigenvalue weighted by Crippen LogP contribution is 2.17. The molecule has 14 heavy (non-hydrogen) atoms. The van der Waals surface area contributed by atoms with E-state index in [1.165, 1.54) is 11.3 Å². The molecule has 1 aromatic rings. The molecule has 0 saturated carbocycles. The summed E-state index contributed by atoms with van der Waals surface area (Å²) >= 11 is 1.31. The molecule has 0 amide bonds. The van der Waals surface area contributed by atoms with Gasteiger partial charge in [-0.25, -0.2) is 18.5 Å². The summed E-state index contributed by atoms with van der Waals surface area (Å²) in [6.07, 6.45) is 0. The van der Waals surface area contributed by atoms with Crippen LogP contribution < -0.4 is 10.5 Å². The quantitative estimate of drug-likeness (QED) is 0.781. The van der Waals surface area contributed by atoms with Crippen LogP contribution in [0.25, 0.3) is 0 Å². The van der Waals surface area contributed by atoms with Crippen molar-refractivity contribution >= 4 is 21.4 Å². The Bertz CT molecular complexity index is 399. The van der Waals surface area contributed by atoms with Gasteiger partial charge in [-0.2, -0.15) is 0 Å². The molecular weight excluding hydrogens is 222 g/mol. The Balaban J connectivity index is 2.79. The van der Waals surface area contributed by atoms with E-state index < -0.39 is 10.0 Å². The minimum atomic E-state index is -3.47. The number of nitrogens with zero attached hydrogens (tertiary/aromatic N) is 1. The van der Waals surface area contributed by atoms with Crippen molar-refractivity contribution in [2.24, 2.45) is 5.14 Å². The van der Waals surface area contributed by atoms with E-state index in [1.807, 2.05) is 19.4 Å². The van der Waals surface area contributed by atoms with Gasteiger partial charge in [0.25, 0.3) is 0 Å². The van der Waals surface area contributed by atoms with Gasteiger partial charge in [0.1, 0.15) is 10.8 Å². The lowest BCUT2D eigenvalue weighted by Crippen LogP contribution is -2.15. The Hall–Kier alpha value is -0.500. The third-order valence-electron chi connectivity index (χ3n) is 1.77. The predicted octanol–water partition coefficient (Wildman–Crippen LogP) is 0.212. The van der Waals surface area contributed by atoms with E-state index >= 15 is 0 Å². The maximum Gasteiger partial charge on any atom is 0.215 e. The van der Waals surface area contributed by atoms with Gasteiger partial charge < -0.3 is 5.32 Å². The summed E-state index contributed by atoms with van der Waals surface area (Å²) in [5, 5.41) is 10.3. The molecule has 0 aromatic carbocycles. The largest absolute Gasteiger partial charge is 0.312 e. The molecule has 0 aliphatic carbocycles. The molecule has 80 valence electrons. The zero-order chi connectivity index (χ0) is 10.8. The highest BCUT2D eigenvalue weighted by atomic mass is 32.2. The lowest BCUT2D eigenvalue weighted by Gasteiger charge is -2.04. The van der Waals surface area contributed by atoms with Gasteiger partial charge in [-0.05, 0) is 14.0 Å². The van der Waals surface area contributed by atoms with Crippen molar-refractivity contribution in [2.75, 3.05) is 7.05 Å². The third-order valence-corrected chi connectivity index (χ3v) is 3.50. The fraction of sp³-hybridized carbons (Fsp3) is 0.571. The fourth-order valence-electron chi connectivity index (χ4n) is 0.910. The van der Waals surface area contributed by atoms with E-state index in [0.29, 0.717) is 5.01 Å². The Kier molecular flexibility index (Phi) is 3.59. The Labute approximate surface area is 87.4 Å². The van der Waals surface area contributed by atoms with Crippen LogP contribution in [0.5, 0.6) is 0 Å². The predicted molar refractivity (Wildman–Crippen MR) is 56.4 cm³/mol. The van der Waals surface area contributed by atoms with Gasteiger partial charge in [-0.3, -0.25) is 0 Å². The highest BCUT2D eigenvalue weighted by Gasteiger charge is 2.11. The van der Waals surface area contributed by atoms with Crippen LogP contribution in [0.1, 0.15) is 23.7 Å². The first-order valence-corrected chi connectivity index (χ1v) is 6.64. The summed E-state index contributed by atoms with van der Waals surface area (Å²) in [6.45, 7) is 1.95. The van der Waals surface area contributed by atoms with Gasteiger partial charge in [0.2, 0.25) is 10.0 Å². The fourth-order valence-corrected chi connectivity index (χ4v) is 2.76. The molecule has 3 N–H and O–H groups in total. The first-order valence-electron chi connectivity index (χ1n) is 4.04. The van der Waals surface area contributed by atoms with Crippen LogP contribution >= 0.6 is 11.3 Å². The summed E-state index contributed by atoms with van der Waals surface area (Å²) in [5.41, 5.74) is 0.844. The van der Waals surface area contributed by atoms with Crippen molar-refractivity contribution in [2.45, 2.75) is 18.7 Å². The first-order chi connectivity index (χ1) is 6.42. The van der Waals surface area contributed by atoms with E-state index in [0.717, 1.165) is 5.69 Å². The van der Waals surface area contributed by atoms with Crippen LogP contribution in [-0.2, 0) is 15.8 Å². The second-order valence-corrected chi connectivity index (χ2v) is 5.54. The molecule has 0 bridgehead atoms. The molecule has 7 heteroatoms. The lowest BCUT2D eigenvalue weighted by atomic mass is 10.3. The molecule has 1 aromatic heterocycles. The van der Waals surface area contributed by atoms with Crippen LogP contribution in [0.3, 0.4) is 0 Å². The number of hydrogen-bond donors (Lipinski definition) is 2. The number of hydrogen-bond acceptors (Lipinski definition) is 5. The molecule has 1 heterocycles. The van der Waals surface area contributed by atoms with Gasteiger partial charge in [-0.1, -0.05) is 0 Å². The van der Waals surface area contributed by atoms with Crippen molar-refractivity contribution in [1.29, 1.82) is 0 Å². The van der Waals surface area contributed by atoms with Gasteiger partial charge >= 0.3 is 0 Å². The van der Waals surface area contributed by atoms with E-state index in [4.69, 9.17) is 5.14 Å².